The maximum atomic E-state index is 14.0. The van der Waals surface area contributed by atoms with Crippen LogP contribution in [0, 0.1) is 17.7 Å². The van der Waals surface area contributed by atoms with Crippen molar-refractivity contribution in [2.75, 3.05) is 6.54 Å². The maximum Gasteiger partial charge on any atom is 0.410 e. The summed E-state index contributed by atoms with van der Waals surface area (Å²) in [5.41, 5.74) is -0.156. The second-order valence-corrected chi connectivity index (χ2v) is 9.17. The van der Waals surface area contributed by atoms with Gasteiger partial charge in [0.1, 0.15) is 16.3 Å². The van der Waals surface area contributed by atoms with E-state index >= 15 is 0 Å². The fourth-order valence-corrected chi connectivity index (χ4v) is 3.15. The summed E-state index contributed by atoms with van der Waals surface area (Å²) in [6, 6.07) is 3.66. The Morgan fingerprint density at radius 1 is 1.40 bits per heavy atom. The van der Waals surface area contributed by atoms with Crippen LogP contribution in [0.4, 0.5) is 9.18 Å². The Bertz CT molecular complexity index is 758. The molecule has 2 rings (SSSR count). The van der Waals surface area contributed by atoms with E-state index in [4.69, 9.17) is 9.88 Å². The molecule has 8 heteroatoms. The van der Waals surface area contributed by atoms with Crippen molar-refractivity contribution >= 4 is 16.1 Å². The first kappa shape index (κ1) is 19.7. The number of carbonyl (C=O) groups excluding carboxylic acids is 1. The molecule has 1 fully saturated rings. The summed E-state index contributed by atoms with van der Waals surface area (Å²) in [6.07, 6.45) is 0.570. The summed E-state index contributed by atoms with van der Waals surface area (Å²) in [5, 5.41) is 4.96. The largest absolute Gasteiger partial charge is 0.444 e. The topological polar surface area (TPSA) is 89.7 Å². The number of hydrogen-bond acceptors (Lipinski definition) is 4. The smallest absolute Gasteiger partial charge is 0.410 e. The number of nitrogens with zero attached hydrogens (tertiary/aromatic N) is 1. The SMILES string of the molecule is CC1C[C@@H]1CN(Cc1ccc(S(N)(=O)=O)c(F)c1)C(=O)OC(C)(C)C. The minimum atomic E-state index is -4.12. The van der Waals surface area contributed by atoms with E-state index in [1.165, 1.54) is 11.0 Å². The van der Waals surface area contributed by atoms with Crippen LogP contribution in [-0.2, 0) is 21.3 Å². The van der Waals surface area contributed by atoms with E-state index in [1.807, 2.05) is 0 Å². The fraction of sp³-hybridized carbons (Fsp3) is 0.588. The number of rotatable bonds is 5. The number of sulfonamides is 1. The first-order chi connectivity index (χ1) is 11.4. The van der Waals surface area contributed by atoms with Gasteiger partial charge in [-0.3, -0.25) is 0 Å². The predicted octanol–water partition coefficient (Wildman–Crippen LogP) is 2.87. The van der Waals surface area contributed by atoms with Crippen molar-refractivity contribution in [2.45, 2.75) is 51.2 Å². The summed E-state index contributed by atoms with van der Waals surface area (Å²) >= 11 is 0. The van der Waals surface area contributed by atoms with Gasteiger partial charge >= 0.3 is 6.09 Å². The van der Waals surface area contributed by atoms with Gasteiger partial charge in [-0.15, -0.1) is 0 Å². The van der Waals surface area contributed by atoms with Gasteiger partial charge in [-0.1, -0.05) is 13.0 Å². The number of ether oxygens (including phenoxy) is 1. The summed E-state index contributed by atoms with van der Waals surface area (Å²) in [6.45, 7) is 8.11. The molecule has 1 aromatic carbocycles. The zero-order valence-electron chi connectivity index (χ0n) is 15.0. The van der Waals surface area contributed by atoms with Crippen molar-refractivity contribution < 1.29 is 22.3 Å². The van der Waals surface area contributed by atoms with E-state index in [0.29, 0.717) is 23.9 Å². The van der Waals surface area contributed by atoms with E-state index in [-0.39, 0.29) is 6.54 Å². The molecule has 1 saturated carbocycles. The van der Waals surface area contributed by atoms with Gasteiger partial charge in [0.25, 0.3) is 0 Å². The van der Waals surface area contributed by atoms with Crippen LogP contribution in [-0.4, -0.2) is 31.6 Å². The lowest BCUT2D eigenvalue weighted by Crippen LogP contribution is -2.37. The van der Waals surface area contributed by atoms with Crippen molar-refractivity contribution in [3.63, 3.8) is 0 Å². The number of nitrogens with two attached hydrogens (primary N) is 1. The first-order valence-electron chi connectivity index (χ1n) is 8.16. The lowest BCUT2D eigenvalue weighted by atomic mass is 10.2. The first-order valence-corrected chi connectivity index (χ1v) is 9.70. The van der Waals surface area contributed by atoms with Crippen LogP contribution in [0.5, 0.6) is 0 Å². The molecule has 6 nitrogen and oxygen atoms in total. The van der Waals surface area contributed by atoms with Crippen LogP contribution in [0.2, 0.25) is 0 Å². The monoisotopic (exact) mass is 372 g/mol. The third-order valence-electron chi connectivity index (χ3n) is 4.06. The Morgan fingerprint density at radius 3 is 2.44 bits per heavy atom. The van der Waals surface area contributed by atoms with Crippen molar-refractivity contribution in [3.8, 4) is 0 Å². The van der Waals surface area contributed by atoms with E-state index in [2.05, 4.69) is 6.92 Å². The molecule has 1 amide bonds. The molecule has 0 aliphatic heterocycles. The highest BCUT2D eigenvalue weighted by atomic mass is 32.2. The Balaban J connectivity index is 2.18. The normalized spacial score (nSPS) is 20.2. The number of hydrogen-bond donors (Lipinski definition) is 1. The summed E-state index contributed by atoms with van der Waals surface area (Å²) in [4.78, 5) is 13.4. The third kappa shape index (κ3) is 5.67. The van der Waals surface area contributed by atoms with Crippen LogP contribution in [0.3, 0.4) is 0 Å². The zero-order chi connectivity index (χ0) is 19.0. The average Bonchev–Trinajstić information content (AvgIpc) is 3.10. The second-order valence-electron chi connectivity index (χ2n) is 7.64. The standard InChI is InChI=1S/C17H25FN2O4S/c1-11-7-13(11)10-20(16(21)24-17(2,3)4)9-12-5-6-15(14(18)8-12)25(19,22)23/h5-6,8,11,13H,7,9-10H2,1-4H3,(H2,19,22,23)/t11?,13-/m1/s1. The van der Waals surface area contributed by atoms with Crippen molar-refractivity contribution in [2.24, 2.45) is 17.0 Å². The average molecular weight is 372 g/mol. The number of amides is 1. The molecule has 1 unspecified atom stereocenters. The highest BCUT2D eigenvalue weighted by Gasteiger charge is 2.36. The number of benzene rings is 1. The number of halogens is 1. The molecule has 1 aromatic rings. The molecule has 0 aromatic heterocycles. The van der Waals surface area contributed by atoms with Crippen molar-refractivity contribution in [3.05, 3.63) is 29.6 Å². The molecule has 2 N–H and O–H groups in total. The molecular weight excluding hydrogens is 347 g/mol. The van der Waals surface area contributed by atoms with Gasteiger partial charge in [-0.2, -0.15) is 0 Å². The minimum absolute atomic E-state index is 0.139. The Kier molecular flexibility index (Phi) is 5.44. The van der Waals surface area contributed by atoms with E-state index in [0.717, 1.165) is 18.6 Å². The van der Waals surface area contributed by atoms with E-state index < -0.39 is 32.4 Å². The highest BCUT2D eigenvalue weighted by molar-refractivity contribution is 7.89. The molecule has 0 bridgehead atoms. The van der Waals surface area contributed by atoms with Gasteiger partial charge in [-0.05, 0) is 56.7 Å². The molecule has 1 aliphatic carbocycles. The zero-order valence-corrected chi connectivity index (χ0v) is 15.8. The lowest BCUT2D eigenvalue weighted by molar-refractivity contribution is 0.0221. The summed E-state index contributed by atoms with van der Waals surface area (Å²) < 4.78 is 42.0. The molecule has 2 atom stereocenters. The number of primary sulfonamides is 1. The Hall–Kier alpha value is -1.67. The minimum Gasteiger partial charge on any atom is -0.444 e. The molecule has 0 spiro atoms. The molecule has 140 valence electrons. The Morgan fingerprint density at radius 2 is 2.00 bits per heavy atom. The van der Waals surface area contributed by atoms with Gasteiger partial charge in [0.05, 0.1) is 0 Å². The van der Waals surface area contributed by atoms with Crippen molar-refractivity contribution in [1.29, 1.82) is 0 Å². The van der Waals surface area contributed by atoms with Crippen LogP contribution in [0.15, 0.2) is 23.1 Å². The lowest BCUT2D eigenvalue weighted by Gasteiger charge is -2.27. The molecule has 1 aliphatic rings. The fourth-order valence-electron chi connectivity index (χ4n) is 2.56. The summed E-state index contributed by atoms with van der Waals surface area (Å²) in [7, 11) is -4.12. The molecule has 0 heterocycles. The van der Waals surface area contributed by atoms with Crippen LogP contribution in [0.25, 0.3) is 0 Å². The predicted molar refractivity (Wildman–Crippen MR) is 91.7 cm³/mol. The van der Waals surface area contributed by atoms with Crippen LogP contribution < -0.4 is 5.14 Å². The molecule has 0 saturated heterocycles. The number of carbonyl (C=O) groups is 1. The Labute approximate surface area is 148 Å². The molecular formula is C17H25FN2O4S. The quantitative estimate of drug-likeness (QED) is 0.860. The van der Waals surface area contributed by atoms with Crippen LogP contribution >= 0.6 is 0 Å². The second kappa shape index (κ2) is 6.92. The van der Waals surface area contributed by atoms with Gasteiger partial charge in [0.15, 0.2) is 0 Å². The van der Waals surface area contributed by atoms with Crippen molar-refractivity contribution in [1.82, 2.24) is 4.90 Å². The van der Waals surface area contributed by atoms with E-state index in [1.54, 1.807) is 20.8 Å². The van der Waals surface area contributed by atoms with E-state index in [9.17, 15) is 17.6 Å². The van der Waals surface area contributed by atoms with Gasteiger partial charge in [-0.25, -0.2) is 22.7 Å². The van der Waals surface area contributed by atoms with Gasteiger partial charge in [0, 0.05) is 13.1 Å². The highest BCUT2D eigenvalue weighted by Crippen LogP contribution is 2.38. The van der Waals surface area contributed by atoms with Gasteiger partial charge < -0.3 is 9.64 Å². The van der Waals surface area contributed by atoms with Gasteiger partial charge in [0.2, 0.25) is 10.0 Å². The third-order valence-corrected chi connectivity index (χ3v) is 5.00. The maximum absolute atomic E-state index is 14.0. The molecule has 25 heavy (non-hydrogen) atoms. The summed E-state index contributed by atoms with van der Waals surface area (Å²) in [5.74, 6) is 0.0245. The van der Waals surface area contributed by atoms with Crippen LogP contribution in [0.1, 0.15) is 39.7 Å². The molecule has 0 radical (unpaired) electrons.